The number of methoxy groups -OCH3 is 1. The normalized spacial score (nSPS) is 11.7. The molecule has 0 saturated heterocycles. The summed E-state index contributed by atoms with van der Waals surface area (Å²) in [6.45, 7) is -1.43. The van der Waals surface area contributed by atoms with Gasteiger partial charge in [0.05, 0.1) is 36.7 Å². The molecule has 45 heavy (non-hydrogen) atoms. The number of hydrogen-bond acceptors (Lipinski definition) is 8. The average Bonchev–Trinajstić information content (AvgIpc) is 3.64. The highest BCUT2D eigenvalue weighted by molar-refractivity contribution is 7.92. The van der Waals surface area contributed by atoms with Crippen LogP contribution >= 0.6 is 0 Å². The van der Waals surface area contributed by atoms with Crippen LogP contribution < -0.4 is 14.4 Å². The number of amides is 1. The quantitative estimate of drug-likeness (QED) is 0.199. The summed E-state index contributed by atoms with van der Waals surface area (Å²) >= 11 is 0. The van der Waals surface area contributed by atoms with E-state index in [0.717, 1.165) is 10.6 Å². The SMILES string of the molecule is CNC(=O)c1c(-c2ccc(F)cc2)oc2cc(N(CCF)S(C)(=O)=O)c(-c3ccc(OC)c(-c4nc5ncccc5o4)c3)cc12. The number of oxazole rings is 1. The molecule has 0 saturated carbocycles. The summed E-state index contributed by atoms with van der Waals surface area (Å²) in [6.07, 6.45) is 2.56. The Kier molecular flexibility index (Phi) is 7.71. The fraction of sp³-hybridized carbons (Fsp3) is 0.156. The smallest absolute Gasteiger partial charge is 0.255 e. The fourth-order valence-corrected chi connectivity index (χ4v) is 6.10. The second-order valence-corrected chi connectivity index (χ2v) is 11.9. The van der Waals surface area contributed by atoms with Gasteiger partial charge in [0.25, 0.3) is 5.91 Å². The number of nitrogens with zero attached hydrogens (tertiary/aromatic N) is 3. The molecule has 0 unspecified atom stereocenters. The van der Waals surface area contributed by atoms with Gasteiger partial charge in [-0.05, 0) is 60.2 Å². The number of ether oxygens (including phenoxy) is 1. The van der Waals surface area contributed by atoms with Crippen LogP contribution in [0.2, 0.25) is 0 Å². The van der Waals surface area contributed by atoms with Crippen LogP contribution in [0, 0.1) is 5.82 Å². The average molecular weight is 633 g/mol. The lowest BCUT2D eigenvalue weighted by molar-refractivity contribution is 0.0964. The van der Waals surface area contributed by atoms with Gasteiger partial charge < -0.3 is 18.9 Å². The predicted octanol–water partition coefficient (Wildman–Crippen LogP) is 6.21. The maximum atomic E-state index is 13.8. The molecule has 0 aliphatic rings. The number of aromatic nitrogens is 2. The topological polar surface area (TPSA) is 128 Å². The second-order valence-electron chi connectivity index (χ2n) is 10.0. The molecule has 6 rings (SSSR count). The molecule has 3 aromatic carbocycles. The summed E-state index contributed by atoms with van der Waals surface area (Å²) in [5, 5.41) is 2.96. The van der Waals surface area contributed by atoms with Crippen molar-refractivity contribution in [3.8, 4) is 39.7 Å². The Bertz CT molecular complexity index is 2150. The van der Waals surface area contributed by atoms with E-state index in [1.165, 1.54) is 44.5 Å². The second kappa shape index (κ2) is 11.7. The molecule has 1 amide bonds. The molecular formula is C32H26F2N4O6S. The van der Waals surface area contributed by atoms with E-state index in [1.54, 1.807) is 42.6 Å². The molecule has 0 bridgehead atoms. The first-order chi connectivity index (χ1) is 21.6. The highest BCUT2D eigenvalue weighted by Gasteiger charge is 2.28. The zero-order chi connectivity index (χ0) is 31.9. The maximum absolute atomic E-state index is 13.8. The summed E-state index contributed by atoms with van der Waals surface area (Å²) in [7, 11) is -1.04. The van der Waals surface area contributed by atoms with Crippen molar-refractivity contribution in [1.82, 2.24) is 15.3 Å². The Morgan fingerprint density at radius 2 is 1.76 bits per heavy atom. The Labute approximate surface area is 256 Å². The minimum absolute atomic E-state index is 0.112. The van der Waals surface area contributed by atoms with Crippen molar-refractivity contribution in [3.63, 3.8) is 0 Å². The first kappa shape index (κ1) is 29.8. The number of benzene rings is 3. The monoisotopic (exact) mass is 632 g/mol. The summed E-state index contributed by atoms with van der Waals surface area (Å²) in [6, 6.07) is 17.0. The number of carbonyl (C=O) groups excluding carboxylic acids is 1. The Morgan fingerprint density at radius 3 is 2.42 bits per heavy atom. The van der Waals surface area contributed by atoms with Gasteiger partial charge in [-0.3, -0.25) is 9.10 Å². The number of furan rings is 1. The number of fused-ring (bicyclic) bond motifs is 2. The highest BCUT2D eigenvalue weighted by atomic mass is 32.2. The van der Waals surface area contributed by atoms with Gasteiger partial charge in [-0.15, -0.1) is 0 Å². The van der Waals surface area contributed by atoms with Crippen molar-refractivity contribution in [2.45, 2.75) is 0 Å². The van der Waals surface area contributed by atoms with Crippen LogP contribution in [-0.4, -0.2) is 57.9 Å². The molecule has 230 valence electrons. The van der Waals surface area contributed by atoms with E-state index in [2.05, 4.69) is 15.3 Å². The fourth-order valence-electron chi connectivity index (χ4n) is 5.19. The third-order valence-corrected chi connectivity index (χ3v) is 8.41. The van der Waals surface area contributed by atoms with Gasteiger partial charge in [-0.25, -0.2) is 22.2 Å². The molecule has 3 aromatic heterocycles. The van der Waals surface area contributed by atoms with Gasteiger partial charge >= 0.3 is 0 Å². The summed E-state index contributed by atoms with van der Waals surface area (Å²) < 4.78 is 72.1. The van der Waals surface area contributed by atoms with E-state index >= 15 is 0 Å². The van der Waals surface area contributed by atoms with Crippen LogP contribution in [0.4, 0.5) is 14.5 Å². The largest absolute Gasteiger partial charge is 0.496 e. The minimum atomic E-state index is -3.99. The standard InChI is InChI=1S/C32H26F2N4O6S/c1-35-31(39)28-22-16-21(19-8-11-25(42-2)23(15-19)32-37-30-26(44-32)5-4-13-36-30)24(38(14-12-33)45(3,40)41)17-27(22)43-29(28)18-6-9-20(34)10-7-18/h4-11,13,15-17H,12,14H2,1-3H3,(H,35,39). The van der Waals surface area contributed by atoms with Gasteiger partial charge in [-0.1, -0.05) is 6.07 Å². The molecule has 10 nitrogen and oxygen atoms in total. The van der Waals surface area contributed by atoms with Crippen LogP contribution in [0.25, 0.3) is 56.1 Å². The van der Waals surface area contributed by atoms with Crippen molar-refractivity contribution in [2.75, 3.05) is 37.9 Å². The Morgan fingerprint density at radius 1 is 1.00 bits per heavy atom. The zero-order valence-corrected chi connectivity index (χ0v) is 25.1. The summed E-state index contributed by atoms with van der Waals surface area (Å²) in [5.41, 5.74) is 2.97. The Hall–Kier alpha value is -5.30. The van der Waals surface area contributed by atoms with Crippen LogP contribution in [-0.2, 0) is 10.0 Å². The molecule has 0 aliphatic heterocycles. The molecular weight excluding hydrogens is 606 g/mol. The zero-order valence-electron chi connectivity index (χ0n) is 24.3. The number of carbonyl (C=O) groups is 1. The predicted molar refractivity (Wildman–Crippen MR) is 166 cm³/mol. The Balaban J connectivity index is 1.66. The third-order valence-electron chi connectivity index (χ3n) is 7.23. The number of alkyl halides is 1. The van der Waals surface area contributed by atoms with Crippen LogP contribution in [0.3, 0.4) is 0 Å². The van der Waals surface area contributed by atoms with Crippen LogP contribution in [0.15, 0.2) is 81.8 Å². The molecule has 13 heteroatoms. The van der Waals surface area contributed by atoms with Gasteiger partial charge in [-0.2, -0.15) is 4.98 Å². The molecule has 0 radical (unpaired) electrons. The van der Waals surface area contributed by atoms with Crippen molar-refractivity contribution in [3.05, 3.63) is 84.3 Å². The number of halogens is 2. The van der Waals surface area contributed by atoms with Crippen molar-refractivity contribution >= 4 is 43.8 Å². The number of nitrogens with one attached hydrogen (secondary N) is 1. The van der Waals surface area contributed by atoms with E-state index in [9.17, 15) is 22.0 Å². The molecule has 6 aromatic rings. The molecule has 0 fully saturated rings. The van der Waals surface area contributed by atoms with Gasteiger partial charge in [0.15, 0.2) is 11.2 Å². The maximum Gasteiger partial charge on any atom is 0.255 e. The lowest BCUT2D eigenvalue weighted by Crippen LogP contribution is -2.32. The molecule has 3 heterocycles. The summed E-state index contributed by atoms with van der Waals surface area (Å²) in [4.78, 5) is 22.0. The highest BCUT2D eigenvalue weighted by Crippen LogP contribution is 2.43. The van der Waals surface area contributed by atoms with E-state index in [-0.39, 0.29) is 28.5 Å². The number of pyridine rings is 1. The molecule has 1 N–H and O–H groups in total. The van der Waals surface area contributed by atoms with E-state index in [4.69, 9.17) is 13.6 Å². The number of hydrogen-bond donors (Lipinski definition) is 1. The van der Waals surface area contributed by atoms with Gasteiger partial charge in [0.1, 0.15) is 29.6 Å². The lowest BCUT2D eigenvalue weighted by Gasteiger charge is -2.24. The van der Waals surface area contributed by atoms with Gasteiger partial charge in [0.2, 0.25) is 15.9 Å². The van der Waals surface area contributed by atoms with Crippen molar-refractivity contribution in [2.24, 2.45) is 0 Å². The van der Waals surface area contributed by atoms with Crippen molar-refractivity contribution < 1.29 is 35.6 Å². The van der Waals surface area contributed by atoms with Crippen LogP contribution in [0.1, 0.15) is 10.4 Å². The molecule has 0 spiro atoms. The third kappa shape index (κ3) is 5.46. The lowest BCUT2D eigenvalue weighted by atomic mass is 9.97. The minimum Gasteiger partial charge on any atom is -0.496 e. The molecule has 0 atom stereocenters. The van der Waals surface area contributed by atoms with Crippen molar-refractivity contribution in [1.29, 1.82) is 0 Å². The molecule has 0 aliphatic carbocycles. The number of rotatable bonds is 9. The van der Waals surface area contributed by atoms with E-state index < -0.39 is 35.0 Å². The first-order valence-electron chi connectivity index (χ1n) is 13.7. The first-order valence-corrected chi connectivity index (χ1v) is 15.5. The van der Waals surface area contributed by atoms with Crippen LogP contribution in [0.5, 0.6) is 5.75 Å². The van der Waals surface area contributed by atoms with Gasteiger partial charge in [0, 0.05) is 35.8 Å². The summed E-state index contributed by atoms with van der Waals surface area (Å²) in [5.74, 6) is -0.171. The van der Waals surface area contributed by atoms with E-state index in [1.807, 2.05) is 0 Å². The number of sulfonamides is 1. The van der Waals surface area contributed by atoms with E-state index in [0.29, 0.717) is 44.6 Å². The number of anilines is 1.